The van der Waals surface area contributed by atoms with Crippen LogP contribution in [0.1, 0.15) is 0 Å². The first kappa shape index (κ1) is 30.0. The van der Waals surface area contributed by atoms with Crippen molar-refractivity contribution >= 4 is 60.5 Å². The lowest BCUT2D eigenvalue weighted by Gasteiger charge is -2.26. The molecule has 0 aliphatic carbocycles. The lowest BCUT2D eigenvalue weighted by molar-refractivity contribution is 0.669. The highest BCUT2D eigenvalue weighted by atomic mass is 16.3. The molecule has 0 saturated carbocycles. The van der Waals surface area contributed by atoms with Crippen LogP contribution < -0.4 is 4.90 Å². The summed E-state index contributed by atoms with van der Waals surface area (Å²) < 4.78 is 6.37. The summed E-state index contributed by atoms with van der Waals surface area (Å²) in [5.74, 6) is 0. The normalized spacial score (nSPS) is 11.5. The second-order valence-electron chi connectivity index (χ2n) is 13.3. The fraction of sp³-hybridized carbons (Fsp3) is 0. The van der Waals surface area contributed by atoms with Crippen molar-refractivity contribution in [2.75, 3.05) is 4.90 Å². The van der Waals surface area contributed by atoms with E-state index in [2.05, 4.69) is 193 Å². The highest BCUT2D eigenvalue weighted by Crippen LogP contribution is 2.41. The molecule has 10 rings (SSSR count). The molecule has 244 valence electrons. The molecule has 0 spiro atoms. The predicted molar refractivity (Wildman–Crippen MR) is 220 cm³/mol. The van der Waals surface area contributed by atoms with Gasteiger partial charge in [-0.3, -0.25) is 0 Å². The van der Waals surface area contributed by atoms with E-state index in [1.165, 1.54) is 49.4 Å². The Kier molecular flexibility index (Phi) is 7.18. The van der Waals surface area contributed by atoms with Crippen molar-refractivity contribution in [2.45, 2.75) is 0 Å². The molecule has 0 aliphatic heterocycles. The van der Waals surface area contributed by atoms with Gasteiger partial charge >= 0.3 is 0 Å². The number of benzene rings is 9. The maximum absolute atomic E-state index is 6.37. The van der Waals surface area contributed by atoms with Gasteiger partial charge in [0.2, 0.25) is 0 Å². The van der Waals surface area contributed by atoms with Gasteiger partial charge in [0.1, 0.15) is 11.2 Å². The van der Waals surface area contributed by atoms with Crippen LogP contribution in [0.15, 0.2) is 205 Å². The number of nitrogens with zero attached hydrogens (tertiary/aromatic N) is 1. The first-order chi connectivity index (χ1) is 25.8. The highest BCUT2D eigenvalue weighted by Gasteiger charge is 2.17. The lowest BCUT2D eigenvalue weighted by Crippen LogP contribution is -2.10. The zero-order valence-corrected chi connectivity index (χ0v) is 28.4. The van der Waals surface area contributed by atoms with Crippen molar-refractivity contribution in [1.82, 2.24) is 0 Å². The molecule has 9 aromatic carbocycles. The van der Waals surface area contributed by atoms with Crippen molar-refractivity contribution in [3.8, 4) is 33.4 Å². The molecule has 0 N–H and O–H groups in total. The minimum Gasteiger partial charge on any atom is -0.456 e. The van der Waals surface area contributed by atoms with Crippen LogP contribution in [-0.2, 0) is 0 Å². The monoisotopic (exact) mass is 663 g/mol. The van der Waals surface area contributed by atoms with E-state index in [0.717, 1.165) is 44.6 Å². The van der Waals surface area contributed by atoms with Gasteiger partial charge < -0.3 is 9.32 Å². The second-order valence-corrected chi connectivity index (χ2v) is 13.3. The minimum atomic E-state index is 0.872. The van der Waals surface area contributed by atoms with Crippen LogP contribution in [0.3, 0.4) is 0 Å². The number of furan rings is 1. The van der Waals surface area contributed by atoms with Gasteiger partial charge in [-0.2, -0.15) is 0 Å². The van der Waals surface area contributed by atoms with Crippen LogP contribution in [0.2, 0.25) is 0 Å². The third-order valence-corrected chi connectivity index (χ3v) is 10.3. The summed E-state index contributed by atoms with van der Waals surface area (Å²) >= 11 is 0. The average molecular weight is 664 g/mol. The van der Waals surface area contributed by atoms with Gasteiger partial charge in [0.15, 0.2) is 0 Å². The molecule has 2 heteroatoms. The average Bonchev–Trinajstić information content (AvgIpc) is 3.59. The number of hydrogen-bond donors (Lipinski definition) is 0. The summed E-state index contributed by atoms with van der Waals surface area (Å²) in [6, 6.07) is 71.7. The molecule has 0 amide bonds. The van der Waals surface area contributed by atoms with E-state index in [-0.39, 0.29) is 0 Å². The van der Waals surface area contributed by atoms with Gasteiger partial charge in [-0.15, -0.1) is 0 Å². The molecule has 2 nitrogen and oxygen atoms in total. The Morgan fingerprint density at radius 1 is 0.288 bits per heavy atom. The van der Waals surface area contributed by atoms with Gasteiger partial charge in [-0.1, -0.05) is 152 Å². The molecular weight excluding hydrogens is 631 g/mol. The third-order valence-electron chi connectivity index (χ3n) is 10.3. The van der Waals surface area contributed by atoms with Gasteiger partial charge in [0, 0.05) is 33.9 Å². The van der Waals surface area contributed by atoms with Crippen molar-refractivity contribution in [3.63, 3.8) is 0 Å². The van der Waals surface area contributed by atoms with Crippen molar-refractivity contribution in [2.24, 2.45) is 0 Å². The minimum absolute atomic E-state index is 0.872. The maximum atomic E-state index is 6.37. The summed E-state index contributed by atoms with van der Waals surface area (Å²) in [6.07, 6.45) is 0. The largest absolute Gasteiger partial charge is 0.456 e. The van der Waals surface area contributed by atoms with Crippen molar-refractivity contribution in [3.05, 3.63) is 200 Å². The van der Waals surface area contributed by atoms with E-state index >= 15 is 0 Å². The molecule has 1 heterocycles. The summed E-state index contributed by atoms with van der Waals surface area (Å²) in [6.45, 7) is 0. The smallest absolute Gasteiger partial charge is 0.137 e. The standard InChI is InChI=1S/C50H33NO/c1-3-16-43-35(10-1)12-8-19-45(43)37-24-22-34(23-25-37)39-14-7-15-41(32-39)51(42-30-31-48-47-18-5-6-21-49(47)52-50(48)33-42)40-28-26-38(27-29-40)46-20-9-13-36-11-2-4-17-44(36)46/h1-33H. The number of anilines is 3. The molecule has 0 fully saturated rings. The molecule has 52 heavy (non-hydrogen) atoms. The lowest BCUT2D eigenvalue weighted by atomic mass is 9.96. The van der Waals surface area contributed by atoms with Gasteiger partial charge in [-0.25, -0.2) is 0 Å². The Morgan fingerprint density at radius 2 is 0.788 bits per heavy atom. The molecule has 0 saturated heterocycles. The first-order valence-corrected chi connectivity index (χ1v) is 17.8. The predicted octanol–water partition coefficient (Wildman–Crippen LogP) is 14.4. The maximum Gasteiger partial charge on any atom is 0.137 e. The van der Waals surface area contributed by atoms with E-state index in [4.69, 9.17) is 4.42 Å². The van der Waals surface area contributed by atoms with Gasteiger partial charge in [0.25, 0.3) is 0 Å². The van der Waals surface area contributed by atoms with Crippen LogP contribution in [0.4, 0.5) is 17.1 Å². The molecule has 10 aromatic rings. The second kappa shape index (κ2) is 12.5. The Labute approximate surface area is 302 Å². The van der Waals surface area contributed by atoms with E-state index in [9.17, 15) is 0 Å². The fourth-order valence-corrected chi connectivity index (χ4v) is 7.71. The number of para-hydroxylation sites is 1. The SMILES string of the molecule is c1cc(-c2ccc(-c3cccc4ccccc34)cc2)cc(N(c2ccc(-c3cccc4ccccc34)cc2)c2ccc3c(c2)oc2ccccc23)c1. The van der Waals surface area contributed by atoms with Crippen LogP contribution in [0.5, 0.6) is 0 Å². The molecule has 0 radical (unpaired) electrons. The zero-order valence-electron chi connectivity index (χ0n) is 28.4. The van der Waals surface area contributed by atoms with Crippen molar-refractivity contribution in [1.29, 1.82) is 0 Å². The summed E-state index contributed by atoms with van der Waals surface area (Å²) in [5.41, 5.74) is 12.2. The van der Waals surface area contributed by atoms with Crippen LogP contribution in [0, 0.1) is 0 Å². The van der Waals surface area contributed by atoms with Crippen LogP contribution in [-0.4, -0.2) is 0 Å². The fourth-order valence-electron chi connectivity index (χ4n) is 7.71. The van der Waals surface area contributed by atoms with E-state index in [1.807, 2.05) is 12.1 Å². The van der Waals surface area contributed by atoms with Crippen molar-refractivity contribution < 1.29 is 4.42 Å². The molecular formula is C50H33NO. The highest BCUT2D eigenvalue weighted by molar-refractivity contribution is 6.06. The van der Waals surface area contributed by atoms with E-state index in [0.29, 0.717) is 0 Å². The number of fused-ring (bicyclic) bond motifs is 5. The summed E-state index contributed by atoms with van der Waals surface area (Å²) in [7, 11) is 0. The molecule has 0 aliphatic rings. The molecule has 0 unspecified atom stereocenters. The Bertz CT molecular complexity index is 2890. The first-order valence-electron chi connectivity index (χ1n) is 17.8. The summed E-state index contributed by atoms with van der Waals surface area (Å²) in [5, 5.41) is 7.26. The summed E-state index contributed by atoms with van der Waals surface area (Å²) in [4.78, 5) is 2.33. The van der Waals surface area contributed by atoms with Crippen LogP contribution in [0.25, 0.3) is 76.9 Å². The zero-order chi connectivity index (χ0) is 34.4. The Balaban J connectivity index is 1.07. The quantitative estimate of drug-likeness (QED) is 0.176. The van der Waals surface area contributed by atoms with E-state index in [1.54, 1.807) is 0 Å². The number of rotatable bonds is 6. The molecule has 1 aromatic heterocycles. The number of hydrogen-bond acceptors (Lipinski definition) is 2. The van der Waals surface area contributed by atoms with Gasteiger partial charge in [-0.05, 0) is 97.4 Å². The Hall–Kier alpha value is -6.90. The Morgan fingerprint density at radius 3 is 1.48 bits per heavy atom. The molecule has 0 atom stereocenters. The van der Waals surface area contributed by atoms with Crippen LogP contribution >= 0.6 is 0 Å². The van der Waals surface area contributed by atoms with E-state index < -0.39 is 0 Å². The third kappa shape index (κ3) is 5.21. The molecule has 0 bridgehead atoms. The van der Waals surface area contributed by atoms with Gasteiger partial charge in [0.05, 0.1) is 0 Å². The topological polar surface area (TPSA) is 16.4 Å².